The van der Waals surface area contributed by atoms with Crippen molar-refractivity contribution in [1.82, 2.24) is 5.32 Å². The highest BCUT2D eigenvalue weighted by Crippen LogP contribution is 2.32. The van der Waals surface area contributed by atoms with Crippen molar-refractivity contribution in [1.29, 1.82) is 0 Å². The topological polar surface area (TPSA) is 110 Å². The second-order valence-corrected chi connectivity index (χ2v) is 7.47. The first-order chi connectivity index (χ1) is 13.0. The van der Waals surface area contributed by atoms with E-state index < -0.39 is 11.2 Å². The lowest BCUT2D eigenvalue weighted by atomic mass is 10.2. The number of carbonyl (C=O) groups excluding carboxylic acids is 1. The van der Waals surface area contributed by atoms with Crippen molar-refractivity contribution < 1.29 is 24.2 Å². The number of carboxylic acid groups (broad SMARTS) is 1. The van der Waals surface area contributed by atoms with E-state index in [0.29, 0.717) is 16.7 Å². The summed E-state index contributed by atoms with van der Waals surface area (Å²) in [6.07, 6.45) is 5.95. The van der Waals surface area contributed by atoms with E-state index >= 15 is 0 Å². The molecule has 1 atom stereocenters. The Hall–Kier alpha value is -2.55. The molecule has 1 aromatic carbocycles. The molecule has 1 saturated carbocycles. The van der Waals surface area contributed by atoms with Gasteiger partial charge in [0, 0.05) is 0 Å². The first kappa shape index (κ1) is 19.2. The third-order valence-corrected chi connectivity index (χ3v) is 5.35. The Balaban J connectivity index is 1.66. The van der Waals surface area contributed by atoms with Crippen LogP contribution in [0.1, 0.15) is 37.7 Å². The van der Waals surface area contributed by atoms with Crippen LogP contribution in [0.5, 0.6) is 11.5 Å². The molecule has 1 aliphatic heterocycles. The van der Waals surface area contributed by atoms with Crippen LogP contribution in [0.3, 0.4) is 0 Å². The van der Waals surface area contributed by atoms with Crippen molar-refractivity contribution in [2.75, 3.05) is 7.11 Å². The second-order valence-electron chi connectivity index (χ2n) is 6.28. The quantitative estimate of drug-likeness (QED) is 0.546. The summed E-state index contributed by atoms with van der Waals surface area (Å²) in [7, 11) is 1.60. The Labute approximate surface area is 161 Å². The van der Waals surface area contributed by atoms with E-state index in [-0.39, 0.29) is 18.4 Å². The van der Waals surface area contributed by atoms with Crippen LogP contribution in [0.4, 0.5) is 0 Å². The molecule has 2 fully saturated rings. The molecule has 0 radical (unpaired) electrons. The van der Waals surface area contributed by atoms with Gasteiger partial charge in [-0.3, -0.25) is 9.59 Å². The molecule has 1 amide bonds. The van der Waals surface area contributed by atoms with Crippen LogP contribution >= 0.6 is 11.8 Å². The second kappa shape index (κ2) is 8.90. The molecular weight excluding hydrogens is 370 g/mol. The molecular formula is C18H21N3O5S. The summed E-state index contributed by atoms with van der Waals surface area (Å²) in [5.41, 5.74) is 0.782. The van der Waals surface area contributed by atoms with E-state index in [0.717, 1.165) is 30.2 Å². The number of thioether (sulfide) groups is 1. The number of carbonyl (C=O) groups is 2. The van der Waals surface area contributed by atoms with Crippen LogP contribution < -0.4 is 14.8 Å². The molecule has 0 bridgehead atoms. The van der Waals surface area contributed by atoms with Crippen LogP contribution in [0, 0.1) is 0 Å². The molecule has 1 heterocycles. The summed E-state index contributed by atoms with van der Waals surface area (Å²) in [6.45, 7) is 0. The van der Waals surface area contributed by atoms with Crippen LogP contribution in [-0.2, 0) is 9.59 Å². The van der Waals surface area contributed by atoms with Crippen LogP contribution in [0.2, 0.25) is 0 Å². The Morgan fingerprint density at radius 1 is 1.37 bits per heavy atom. The van der Waals surface area contributed by atoms with E-state index in [1.165, 1.54) is 12.8 Å². The van der Waals surface area contributed by atoms with Gasteiger partial charge in [0.05, 0.1) is 25.8 Å². The van der Waals surface area contributed by atoms with Gasteiger partial charge in [-0.1, -0.05) is 11.8 Å². The van der Waals surface area contributed by atoms with Crippen molar-refractivity contribution in [2.45, 2.75) is 43.5 Å². The number of nitrogens with one attached hydrogen (secondary N) is 1. The number of amidine groups is 1. The van der Waals surface area contributed by atoms with E-state index in [2.05, 4.69) is 15.5 Å². The molecule has 2 N–H and O–H groups in total. The zero-order valence-corrected chi connectivity index (χ0v) is 15.7. The third kappa shape index (κ3) is 5.22. The van der Waals surface area contributed by atoms with Gasteiger partial charge in [-0.05, 0) is 49.4 Å². The largest absolute Gasteiger partial charge is 0.493 e. The van der Waals surface area contributed by atoms with Crippen molar-refractivity contribution in [3.05, 3.63) is 23.8 Å². The number of amides is 1. The van der Waals surface area contributed by atoms with E-state index in [9.17, 15) is 9.59 Å². The molecule has 1 unspecified atom stereocenters. The molecule has 27 heavy (non-hydrogen) atoms. The summed E-state index contributed by atoms with van der Waals surface area (Å²) in [5.74, 6) is -0.0555. The zero-order valence-electron chi connectivity index (χ0n) is 14.9. The van der Waals surface area contributed by atoms with Crippen LogP contribution in [0.15, 0.2) is 28.4 Å². The summed E-state index contributed by atoms with van der Waals surface area (Å²) in [4.78, 5) is 22.4. The molecule has 0 spiro atoms. The van der Waals surface area contributed by atoms with Gasteiger partial charge in [-0.25, -0.2) is 0 Å². The summed E-state index contributed by atoms with van der Waals surface area (Å²) < 4.78 is 11.4. The fourth-order valence-corrected chi connectivity index (χ4v) is 3.86. The fraction of sp³-hybridized carbons (Fsp3) is 0.444. The average molecular weight is 391 g/mol. The monoisotopic (exact) mass is 391 g/mol. The minimum absolute atomic E-state index is 0.211. The highest BCUT2D eigenvalue weighted by Gasteiger charge is 2.32. The summed E-state index contributed by atoms with van der Waals surface area (Å²) in [5, 5.41) is 18.9. The molecule has 0 aromatic heterocycles. The smallest absolute Gasteiger partial charge is 0.305 e. The lowest BCUT2D eigenvalue weighted by Crippen LogP contribution is -2.26. The van der Waals surface area contributed by atoms with E-state index in [1.807, 2.05) is 18.2 Å². The van der Waals surface area contributed by atoms with Crippen molar-refractivity contribution in [3.8, 4) is 11.5 Å². The molecule has 1 saturated heterocycles. The normalized spacial score (nSPS) is 21.7. The zero-order chi connectivity index (χ0) is 19.2. The Bertz CT molecular complexity index is 774. The first-order valence-electron chi connectivity index (χ1n) is 8.70. The lowest BCUT2D eigenvalue weighted by Gasteiger charge is -2.16. The average Bonchev–Trinajstić information content (AvgIpc) is 3.25. The van der Waals surface area contributed by atoms with Crippen molar-refractivity contribution >= 4 is 35.0 Å². The number of rotatable bonds is 7. The molecule has 9 heteroatoms. The van der Waals surface area contributed by atoms with Crippen LogP contribution in [-0.4, -0.2) is 46.8 Å². The third-order valence-electron chi connectivity index (χ3n) is 4.28. The number of methoxy groups -OCH3 is 1. The van der Waals surface area contributed by atoms with Gasteiger partial charge in [-0.15, -0.1) is 5.10 Å². The highest BCUT2D eigenvalue weighted by atomic mass is 32.2. The maximum absolute atomic E-state index is 11.7. The number of hydrogen-bond donors (Lipinski definition) is 2. The molecule has 2 aliphatic rings. The number of hydrogen-bond acceptors (Lipinski definition) is 7. The minimum Gasteiger partial charge on any atom is -0.493 e. The Kier molecular flexibility index (Phi) is 6.33. The standard InChI is InChI=1S/C18H21N3O5S/c1-25-13-7-6-11(8-14(13)26-12-4-2-3-5-12)10-19-21-18-20-17(24)15(27-18)9-16(22)23/h6-8,10,12,15H,2-5,9H2,1H3,(H,22,23)(H,20,21,24). The fourth-order valence-electron chi connectivity index (χ4n) is 2.94. The molecule has 1 aliphatic carbocycles. The van der Waals surface area contributed by atoms with Gasteiger partial charge in [0.1, 0.15) is 5.25 Å². The SMILES string of the molecule is COc1ccc(C=NN=C2NC(=O)C(CC(=O)O)S2)cc1OC1CCCC1. The van der Waals surface area contributed by atoms with Crippen molar-refractivity contribution in [3.63, 3.8) is 0 Å². The van der Waals surface area contributed by atoms with Crippen molar-refractivity contribution in [2.24, 2.45) is 10.2 Å². The van der Waals surface area contributed by atoms with Gasteiger partial charge in [0.2, 0.25) is 5.91 Å². The molecule has 1 aromatic rings. The number of nitrogens with zero attached hydrogens (tertiary/aromatic N) is 2. The van der Waals surface area contributed by atoms with Crippen LogP contribution in [0.25, 0.3) is 0 Å². The van der Waals surface area contributed by atoms with E-state index in [4.69, 9.17) is 14.6 Å². The Morgan fingerprint density at radius 3 is 2.85 bits per heavy atom. The van der Waals surface area contributed by atoms with Gasteiger partial charge in [0.15, 0.2) is 16.7 Å². The van der Waals surface area contributed by atoms with E-state index in [1.54, 1.807) is 13.3 Å². The molecule has 3 rings (SSSR count). The number of ether oxygens (including phenoxy) is 2. The van der Waals surface area contributed by atoms with Gasteiger partial charge >= 0.3 is 5.97 Å². The van der Waals surface area contributed by atoms with Gasteiger partial charge in [-0.2, -0.15) is 5.10 Å². The number of aliphatic carboxylic acids is 1. The van der Waals surface area contributed by atoms with Gasteiger partial charge in [0.25, 0.3) is 0 Å². The number of carboxylic acids is 1. The molecule has 144 valence electrons. The summed E-state index contributed by atoms with van der Waals surface area (Å²) >= 11 is 1.06. The summed E-state index contributed by atoms with van der Waals surface area (Å²) in [6, 6.07) is 5.49. The highest BCUT2D eigenvalue weighted by molar-refractivity contribution is 8.15. The maximum atomic E-state index is 11.7. The first-order valence-corrected chi connectivity index (χ1v) is 9.58. The predicted octanol–water partition coefficient (Wildman–Crippen LogP) is 2.41. The molecule has 8 nitrogen and oxygen atoms in total. The predicted molar refractivity (Wildman–Crippen MR) is 103 cm³/mol. The number of benzene rings is 1. The lowest BCUT2D eigenvalue weighted by molar-refractivity contribution is -0.138. The minimum atomic E-state index is -1.03. The maximum Gasteiger partial charge on any atom is 0.305 e. The Morgan fingerprint density at radius 2 is 2.15 bits per heavy atom. The van der Waals surface area contributed by atoms with Gasteiger partial charge < -0.3 is 19.9 Å².